The van der Waals surface area contributed by atoms with E-state index in [1.807, 2.05) is 0 Å². The van der Waals surface area contributed by atoms with Crippen LogP contribution in [0.4, 0.5) is 0 Å². The Bertz CT molecular complexity index is 301. The van der Waals surface area contributed by atoms with Crippen molar-refractivity contribution < 1.29 is 29.9 Å². The fourth-order valence-corrected chi connectivity index (χ4v) is 3.06. The van der Waals surface area contributed by atoms with Gasteiger partial charge in [0, 0.05) is 6.61 Å². The van der Waals surface area contributed by atoms with Gasteiger partial charge in [0.2, 0.25) is 0 Å². The molecule has 1 saturated heterocycles. The topological polar surface area (TPSA) is 99.4 Å². The Morgan fingerprint density at radius 2 is 1.33 bits per heavy atom. The first-order chi connectivity index (χ1) is 11.6. The van der Waals surface area contributed by atoms with Crippen LogP contribution >= 0.6 is 0 Å². The molecule has 0 bridgehead atoms. The van der Waals surface area contributed by atoms with Gasteiger partial charge in [0.05, 0.1) is 6.61 Å². The molecule has 0 spiro atoms. The molecule has 24 heavy (non-hydrogen) atoms. The van der Waals surface area contributed by atoms with Gasteiger partial charge in [-0.1, -0.05) is 64.7 Å². The van der Waals surface area contributed by atoms with Crippen molar-refractivity contribution in [1.29, 1.82) is 0 Å². The van der Waals surface area contributed by atoms with Crippen molar-refractivity contribution in [2.24, 2.45) is 0 Å². The first kappa shape index (κ1) is 21.8. The van der Waals surface area contributed by atoms with Crippen LogP contribution in [0.5, 0.6) is 0 Å². The molecule has 0 aromatic heterocycles. The fraction of sp³-hybridized carbons (Fsp3) is 1.00. The van der Waals surface area contributed by atoms with Crippen molar-refractivity contribution in [2.45, 2.75) is 102 Å². The largest absolute Gasteiger partial charge is 0.394 e. The third-order valence-electron chi connectivity index (χ3n) is 4.65. The van der Waals surface area contributed by atoms with Crippen molar-refractivity contribution in [3.8, 4) is 0 Å². The molecule has 0 saturated carbocycles. The predicted octanol–water partition coefficient (Wildman–Crippen LogP) is 1.72. The Hall–Kier alpha value is -0.240. The number of rotatable bonds is 13. The quantitative estimate of drug-likeness (QED) is 0.378. The zero-order valence-corrected chi connectivity index (χ0v) is 15.0. The first-order valence-electron chi connectivity index (χ1n) is 9.54. The summed E-state index contributed by atoms with van der Waals surface area (Å²) in [7, 11) is 0. The van der Waals surface area contributed by atoms with Gasteiger partial charge < -0.3 is 29.9 Å². The molecular weight excluding hydrogens is 312 g/mol. The van der Waals surface area contributed by atoms with Gasteiger partial charge in [-0.3, -0.25) is 0 Å². The second-order valence-electron chi connectivity index (χ2n) is 6.75. The van der Waals surface area contributed by atoms with Crippen LogP contribution in [0.3, 0.4) is 0 Å². The highest BCUT2D eigenvalue weighted by Crippen LogP contribution is 2.22. The molecule has 1 aliphatic heterocycles. The van der Waals surface area contributed by atoms with Gasteiger partial charge >= 0.3 is 0 Å². The third kappa shape index (κ3) is 7.76. The molecular formula is C18H36O6. The van der Waals surface area contributed by atoms with E-state index in [-0.39, 0.29) is 0 Å². The second kappa shape index (κ2) is 13.0. The molecule has 5 atom stereocenters. The highest BCUT2D eigenvalue weighted by Gasteiger charge is 2.44. The molecule has 144 valence electrons. The van der Waals surface area contributed by atoms with Crippen LogP contribution in [-0.4, -0.2) is 64.3 Å². The van der Waals surface area contributed by atoms with Gasteiger partial charge in [0.25, 0.3) is 0 Å². The Morgan fingerprint density at radius 3 is 1.88 bits per heavy atom. The van der Waals surface area contributed by atoms with Crippen molar-refractivity contribution >= 4 is 0 Å². The van der Waals surface area contributed by atoms with Crippen LogP contribution in [0.25, 0.3) is 0 Å². The summed E-state index contributed by atoms with van der Waals surface area (Å²) in [5.41, 5.74) is 0. The van der Waals surface area contributed by atoms with E-state index in [0.717, 1.165) is 12.8 Å². The van der Waals surface area contributed by atoms with Crippen LogP contribution in [0.2, 0.25) is 0 Å². The summed E-state index contributed by atoms with van der Waals surface area (Å²) in [6.07, 6.45) is 6.43. The maximum Gasteiger partial charge on any atom is 0.184 e. The molecule has 0 aromatic carbocycles. The lowest BCUT2D eigenvalue weighted by atomic mass is 9.99. The van der Waals surface area contributed by atoms with Crippen LogP contribution < -0.4 is 0 Å². The Morgan fingerprint density at radius 1 is 0.792 bits per heavy atom. The van der Waals surface area contributed by atoms with Crippen LogP contribution in [0.1, 0.15) is 71.1 Å². The number of hydrogen-bond donors (Lipinski definition) is 4. The highest BCUT2D eigenvalue weighted by atomic mass is 16.7. The van der Waals surface area contributed by atoms with E-state index >= 15 is 0 Å². The summed E-state index contributed by atoms with van der Waals surface area (Å²) in [4.78, 5) is 0. The predicted molar refractivity (Wildman–Crippen MR) is 91.6 cm³/mol. The number of ether oxygens (including phenoxy) is 2. The van der Waals surface area contributed by atoms with E-state index in [9.17, 15) is 15.3 Å². The SMILES string of the molecule is CCCCCCCCCCCCO[C@@H]1[C@@H](O)[C@H](O)[C@@H](CO)O[C@@H]1O. The zero-order chi connectivity index (χ0) is 17.8. The molecule has 0 aliphatic carbocycles. The van der Waals surface area contributed by atoms with E-state index in [1.165, 1.54) is 51.4 Å². The lowest BCUT2D eigenvalue weighted by Crippen LogP contribution is -2.59. The molecule has 1 heterocycles. The molecule has 1 aliphatic rings. The second-order valence-corrected chi connectivity index (χ2v) is 6.75. The molecule has 0 radical (unpaired) electrons. The molecule has 1 rings (SSSR count). The number of hydrogen-bond acceptors (Lipinski definition) is 6. The minimum absolute atomic E-state index is 0.412. The molecule has 0 amide bonds. The number of unbranched alkanes of at least 4 members (excludes halogenated alkanes) is 9. The molecule has 4 N–H and O–H groups in total. The van der Waals surface area contributed by atoms with E-state index in [2.05, 4.69) is 6.92 Å². The Kier molecular flexibility index (Phi) is 11.8. The molecule has 1 fully saturated rings. The van der Waals surface area contributed by atoms with Crippen LogP contribution in [0, 0.1) is 0 Å². The average Bonchev–Trinajstić information content (AvgIpc) is 2.58. The first-order valence-corrected chi connectivity index (χ1v) is 9.54. The van der Waals surface area contributed by atoms with E-state index in [1.54, 1.807) is 0 Å². The van der Waals surface area contributed by atoms with Crippen molar-refractivity contribution in [2.75, 3.05) is 13.2 Å². The summed E-state index contributed by atoms with van der Waals surface area (Å²) < 4.78 is 10.5. The zero-order valence-electron chi connectivity index (χ0n) is 15.0. The fourth-order valence-electron chi connectivity index (χ4n) is 3.06. The van der Waals surface area contributed by atoms with Crippen molar-refractivity contribution in [3.63, 3.8) is 0 Å². The van der Waals surface area contributed by atoms with Gasteiger partial charge in [0.15, 0.2) is 6.29 Å². The van der Waals surface area contributed by atoms with Gasteiger partial charge in [-0.05, 0) is 6.42 Å². The van der Waals surface area contributed by atoms with Gasteiger partial charge in [-0.15, -0.1) is 0 Å². The monoisotopic (exact) mass is 348 g/mol. The number of aliphatic hydroxyl groups excluding tert-OH is 4. The molecule has 0 aromatic rings. The summed E-state index contributed by atoms with van der Waals surface area (Å²) in [5, 5.41) is 38.5. The standard InChI is InChI=1S/C18H36O6/c1-2-3-4-5-6-7-8-9-10-11-12-23-17-16(21)15(20)14(13-19)24-18(17)22/h14-22H,2-13H2,1H3/t14-,15-,16+,17-,18+/m1/s1. The van der Waals surface area contributed by atoms with E-state index < -0.39 is 37.3 Å². The third-order valence-corrected chi connectivity index (χ3v) is 4.65. The Labute approximate surface area is 145 Å². The maximum atomic E-state index is 9.94. The highest BCUT2D eigenvalue weighted by molar-refractivity contribution is 4.89. The van der Waals surface area contributed by atoms with Crippen molar-refractivity contribution in [3.05, 3.63) is 0 Å². The Balaban J connectivity index is 2.02. The minimum atomic E-state index is -1.33. The molecule has 0 unspecified atom stereocenters. The van der Waals surface area contributed by atoms with Gasteiger partial charge in [-0.25, -0.2) is 0 Å². The van der Waals surface area contributed by atoms with Crippen LogP contribution in [-0.2, 0) is 9.47 Å². The number of aliphatic hydroxyl groups is 4. The summed E-state index contributed by atoms with van der Waals surface area (Å²) in [5.74, 6) is 0. The van der Waals surface area contributed by atoms with Gasteiger partial charge in [0.1, 0.15) is 24.4 Å². The van der Waals surface area contributed by atoms with Crippen molar-refractivity contribution in [1.82, 2.24) is 0 Å². The summed E-state index contributed by atoms with van der Waals surface area (Å²) >= 11 is 0. The van der Waals surface area contributed by atoms with Crippen LogP contribution in [0.15, 0.2) is 0 Å². The molecule has 6 nitrogen and oxygen atoms in total. The lowest BCUT2D eigenvalue weighted by Gasteiger charge is -2.39. The smallest absolute Gasteiger partial charge is 0.184 e. The maximum absolute atomic E-state index is 9.94. The average molecular weight is 348 g/mol. The normalized spacial score (nSPS) is 30.6. The summed E-state index contributed by atoms with van der Waals surface area (Å²) in [6, 6.07) is 0. The summed E-state index contributed by atoms with van der Waals surface area (Å²) in [6.45, 7) is 2.18. The van der Waals surface area contributed by atoms with E-state index in [0.29, 0.717) is 6.61 Å². The minimum Gasteiger partial charge on any atom is -0.394 e. The van der Waals surface area contributed by atoms with Gasteiger partial charge in [-0.2, -0.15) is 0 Å². The lowest BCUT2D eigenvalue weighted by molar-refractivity contribution is -0.296. The molecule has 6 heteroatoms. The van der Waals surface area contributed by atoms with E-state index in [4.69, 9.17) is 14.6 Å².